The van der Waals surface area contributed by atoms with Gasteiger partial charge in [-0.3, -0.25) is 14.5 Å². The molecule has 0 radical (unpaired) electrons. The number of thiophene rings is 1. The van der Waals surface area contributed by atoms with Crippen molar-refractivity contribution in [2.75, 3.05) is 26.9 Å². The maximum Gasteiger partial charge on any atom is 0.410 e. The first-order valence-corrected chi connectivity index (χ1v) is 15.6. The van der Waals surface area contributed by atoms with E-state index in [9.17, 15) is 14.4 Å². The van der Waals surface area contributed by atoms with Crippen molar-refractivity contribution in [3.05, 3.63) is 50.6 Å². The summed E-state index contributed by atoms with van der Waals surface area (Å²) in [4.78, 5) is 38.7. The van der Waals surface area contributed by atoms with Crippen molar-refractivity contribution in [1.29, 1.82) is 0 Å². The number of hydrogen-bond donors (Lipinski definition) is 0. The van der Waals surface area contributed by atoms with Crippen LogP contribution >= 0.6 is 22.9 Å². The molecule has 1 aliphatic rings. The van der Waals surface area contributed by atoms with Crippen LogP contribution in [0.2, 0.25) is 5.02 Å². The van der Waals surface area contributed by atoms with Crippen LogP contribution in [0.4, 0.5) is 9.18 Å². The van der Waals surface area contributed by atoms with E-state index in [0.717, 1.165) is 28.0 Å². The molecule has 0 bridgehead atoms. The lowest BCUT2D eigenvalue weighted by molar-refractivity contribution is -0.143. The molecule has 12 heteroatoms. The quantitative estimate of drug-likeness (QED) is 0.112. The van der Waals surface area contributed by atoms with E-state index in [2.05, 4.69) is 0 Å². The average Bonchev–Trinajstić information content (AvgIpc) is 3.58. The van der Waals surface area contributed by atoms with Gasteiger partial charge < -0.3 is 23.7 Å². The molecule has 0 unspecified atom stereocenters. The molecular weight excluding hydrogens is 613 g/mol. The number of aryl methyl sites for hydroxylation is 1. The van der Waals surface area contributed by atoms with Crippen LogP contribution in [0.5, 0.6) is 17.2 Å². The maximum atomic E-state index is 15.5. The molecule has 1 aromatic heterocycles. The van der Waals surface area contributed by atoms with Crippen molar-refractivity contribution >= 4 is 50.9 Å². The van der Waals surface area contributed by atoms with Gasteiger partial charge in [0.1, 0.15) is 11.4 Å². The van der Waals surface area contributed by atoms with E-state index in [1.54, 1.807) is 17.9 Å². The molecule has 4 rings (SSSR count). The van der Waals surface area contributed by atoms with Gasteiger partial charge in [0.2, 0.25) is 0 Å². The first-order valence-electron chi connectivity index (χ1n) is 14.4. The first kappa shape index (κ1) is 33.3. The van der Waals surface area contributed by atoms with Crippen LogP contribution in [0.15, 0.2) is 18.2 Å². The first-order chi connectivity index (χ1) is 20.8. The van der Waals surface area contributed by atoms with Gasteiger partial charge in [0, 0.05) is 35.5 Å². The summed E-state index contributed by atoms with van der Waals surface area (Å²) in [5.41, 5.74) is 2.01. The highest BCUT2D eigenvalue weighted by atomic mass is 35.5. The molecule has 9 nitrogen and oxygen atoms in total. The molecule has 0 fully saturated rings. The second-order valence-corrected chi connectivity index (χ2v) is 12.8. The summed E-state index contributed by atoms with van der Waals surface area (Å²) in [5.74, 6) is -0.677. The van der Waals surface area contributed by atoms with Gasteiger partial charge >= 0.3 is 12.1 Å². The Kier molecular flexibility index (Phi) is 10.6. The fourth-order valence-corrected chi connectivity index (χ4v) is 6.20. The number of carbonyl (C=O) groups excluding carboxylic acids is 3. The molecule has 44 heavy (non-hydrogen) atoms. The third-order valence-corrected chi connectivity index (χ3v) is 8.31. The monoisotopic (exact) mass is 649 g/mol. The Bertz CT molecular complexity index is 1560. The number of ether oxygens (including phenoxy) is 5. The van der Waals surface area contributed by atoms with Gasteiger partial charge in [-0.05, 0) is 57.4 Å². The molecule has 2 aromatic carbocycles. The van der Waals surface area contributed by atoms with Gasteiger partial charge in [-0.15, -0.1) is 11.3 Å². The highest BCUT2D eigenvalue weighted by Gasteiger charge is 2.31. The van der Waals surface area contributed by atoms with Crippen molar-refractivity contribution in [2.45, 2.75) is 72.6 Å². The van der Waals surface area contributed by atoms with Gasteiger partial charge in [0.15, 0.2) is 23.1 Å². The van der Waals surface area contributed by atoms with E-state index in [0.29, 0.717) is 39.9 Å². The summed E-state index contributed by atoms with van der Waals surface area (Å²) in [6, 6.07) is 5.07. The number of carbonyl (C=O) groups is 3. The Hall–Kier alpha value is -3.57. The Morgan fingerprint density at radius 2 is 1.75 bits per heavy atom. The minimum atomic E-state index is -0.631. The van der Waals surface area contributed by atoms with E-state index >= 15 is 4.39 Å². The van der Waals surface area contributed by atoms with E-state index in [-0.39, 0.29) is 55.3 Å². The van der Waals surface area contributed by atoms with Gasteiger partial charge in [0.25, 0.3) is 0 Å². The number of Topliss-reactive ketones (excluding diaryl/α,β-unsaturated/α-hetero) is 1. The van der Waals surface area contributed by atoms with Gasteiger partial charge in [0.05, 0.1) is 49.8 Å². The zero-order valence-corrected chi connectivity index (χ0v) is 27.3. The number of nitrogens with zero attached hydrogens (tertiary/aromatic N) is 1. The minimum absolute atomic E-state index is 0.0243. The van der Waals surface area contributed by atoms with Crippen LogP contribution in [-0.2, 0) is 27.4 Å². The summed E-state index contributed by atoms with van der Waals surface area (Å²) >= 11 is 7.84. The summed E-state index contributed by atoms with van der Waals surface area (Å²) in [6.07, 6.45) is -0.0475. The molecular formula is C32H37ClFNO8S. The standard InChI is InChI=1S/C32H37ClFNO8S/c1-7-40-26(37)10-9-22(36)25-14-20-24(44-25)15-23(39-6)30(28(20)34)42-12-8-11-41-29-18(2)13-19-16-35(17-21(19)27(29)33)31(38)43-32(3,4)5/h13-15H,7-12,16-17H2,1-6H3. The molecule has 3 aromatic rings. The van der Waals surface area contributed by atoms with E-state index < -0.39 is 23.5 Å². The number of halogens is 2. The van der Waals surface area contributed by atoms with Crippen molar-refractivity contribution in [1.82, 2.24) is 4.90 Å². The summed E-state index contributed by atoms with van der Waals surface area (Å²) in [7, 11) is 1.41. The van der Waals surface area contributed by atoms with Gasteiger partial charge in [-0.1, -0.05) is 17.7 Å². The number of amides is 1. The second-order valence-electron chi connectivity index (χ2n) is 11.3. The highest BCUT2D eigenvalue weighted by Crippen LogP contribution is 2.41. The molecule has 0 spiro atoms. The van der Waals surface area contributed by atoms with E-state index in [1.807, 2.05) is 33.8 Å². The molecule has 0 atom stereocenters. The lowest BCUT2D eigenvalue weighted by atomic mass is 10.1. The third-order valence-electron chi connectivity index (χ3n) is 6.78. The smallest absolute Gasteiger partial charge is 0.410 e. The van der Waals surface area contributed by atoms with E-state index in [1.165, 1.54) is 13.2 Å². The second kappa shape index (κ2) is 14.0. The number of hydrogen-bond acceptors (Lipinski definition) is 9. The Balaban J connectivity index is 1.37. The predicted molar refractivity (Wildman–Crippen MR) is 166 cm³/mol. The zero-order valence-electron chi connectivity index (χ0n) is 25.8. The Morgan fingerprint density at radius 1 is 1.05 bits per heavy atom. The number of rotatable bonds is 12. The lowest BCUT2D eigenvalue weighted by Gasteiger charge is -2.24. The summed E-state index contributed by atoms with van der Waals surface area (Å²) in [6.45, 7) is 10.4. The van der Waals surface area contributed by atoms with Crippen LogP contribution in [-0.4, -0.2) is 55.3 Å². The van der Waals surface area contributed by atoms with Crippen LogP contribution in [0.1, 0.15) is 73.3 Å². The van der Waals surface area contributed by atoms with Gasteiger partial charge in [-0.2, -0.15) is 0 Å². The maximum absolute atomic E-state index is 15.5. The van der Waals surface area contributed by atoms with Crippen LogP contribution < -0.4 is 14.2 Å². The number of ketones is 1. The van der Waals surface area contributed by atoms with Crippen molar-refractivity contribution in [3.8, 4) is 17.2 Å². The molecule has 1 amide bonds. The number of methoxy groups -OCH3 is 1. The highest BCUT2D eigenvalue weighted by molar-refractivity contribution is 7.20. The summed E-state index contributed by atoms with van der Waals surface area (Å²) < 4.78 is 43.6. The molecule has 238 valence electrons. The average molecular weight is 650 g/mol. The van der Waals surface area contributed by atoms with Crippen LogP contribution in [0, 0.1) is 12.7 Å². The SMILES string of the molecule is CCOC(=O)CCC(=O)c1cc2c(F)c(OCCCOc3c(C)cc4c(c3Cl)CN(C(=O)OC(C)(C)C)C4)c(OC)cc2s1. The van der Waals surface area contributed by atoms with Crippen molar-refractivity contribution in [3.63, 3.8) is 0 Å². The number of esters is 1. The number of benzene rings is 2. The van der Waals surface area contributed by atoms with E-state index in [4.69, 9.17) is 35.3 Å². The third kappa shape index (κ3) is 7.74. The molecule has 2 heterocycles. The van der Waals surface area contributed by atoms with Crippen molar-refractivity contribution in [2.24, 2.45) is 0 Å². The van der Waals surface area contributed by atoms with Gasteiger partial charge in [-0.25, -0.2) is 9.18 Å². The summed E-state index contributed by atoms with van der Waals surface area (Å²) in [5, 5.41) is 0.692. The number of fused-ring (bicyclic) bond motifs is 2. The normalized spacial score (nSPS) is 12.7. The fourth-order valence-electron chi connectivity index (χ4n) is 4.76. The van der Waals surface area contributed by atoms with Crippen molar-refractivity contribution < 1.29 is 42.5 Å². The molecule has 0 saturated heterocycles. The zero-order chi connectivity index (χ0) is 32.2. The molecule has 0 saturated carbocycles. The Morgan fingerprint density at radius 3 is 2.41 bits per heavy atom. The molecule has 1 aliphatic heterocycles. The minimum Gasteiger partial charge on any atom is -0.493 e. The Labute approximate surface area is 265 Å². The fraction of sp³-hybridized carbons (Fsp3) is 0.469. The molecule has 0 N–H and O–H groups in total. The topological polar surface area (TPSA) is 101 Å². The lowest BCUT2D eigenvalue weighted by Crippen LogP contribution is -2.33. The van der Waals surface area contributed by atoms with Crippen LogP contribution in [0.3, 0.4) is 0 Å². The molecule has 0 aliphatic carbocycles. The van der Waals surface area contributed by atoms with Crippen LogP contribution in [0.25, 0.3) is 10.1 Å². The predicted octanol–water partition coefficient (Wildman–Crippen LogP) is 7.64. The largest absolute Gasteiger partial charge is 0.493 e.